The monoisotopic (exact) mass is 192 g/mol. The second-order valence-electron chi connectivity index (χ2n) is 2.79. The molecule has 0 bridgehead atoms. The van der Waals surface area contributed by atoms with Crippen molar-refractivity contribution < 1.29 is 9.84 Å². The molecule has 0 radical (unpaired) electrons. The van der Waals surface area contributed by atoms with Gasteiger partial charge < -0.3 is 9.84 Å². The number of nitrogens with zero attached hydrogens (tertiary/aromatic N) is 2. The first-order chi connectivity index (χ1) is 6.80. The van der Waals surface area contributed by atoms with Crippen molar-refractivity contribution in [3.63, 3.8) is 0 Å². The van der Waals surface area contributed by atoms with Crippen LogP contribution in [0.1, 0.15) is 19.0 Å². The topological polar surface area (TPSA) is 66.1 Å². The number of nitriles is 1. The zero-order valence-electron chi connectivity index (χ0n) is 7.97. The van der Waals surface area contributed by atoms with E-state index in [2.05, 4.69) is 4.98 Å². The lowest BCUT2D eigenvalue weighted by atomic mass is 10.3. The molecule has 0 aromatic carbocycles. The molecule has 1 aromatic rings. The van der Waals surface area contributed by atoms with E-state index in [1.54, 1.807) is 12.1 Å². The maximum atomic E-state index is 8.75. The van der Waals surface area contributed by atoms with E-state index in [-0.39, 0.29) is 6.61 Å². The summed E-state index contributed by atoms with van der Waals surface area (Å²) in [6.07, 6.45) is 1.71. The molecule has 1 rings (SSSR count). The molecule has 0 saturated heterocycles. The molecule has 4 heteroatoms. The van der Waals surface area contributed by atoms with E-state index in [4.69, 9.17) is 15.1 Å². The van der Waals surface area contributed by atoms with E-state index in [1.165, 1.54) is 6.20 Å². The van der Waals surface area contributed by atoms with Gasteiger partial charge in [0.1, 0.15) is 11.8 Å². The van der Waals surface area contributed by atoms with Gasteiger partial charge in [-0.15, -0.1) is 0 Å². The Labute approximate surface area is 82.8 Å². The second-order valence-corrected chi connectivity index (χ2v) is 2.79. The van der Waals surface area contributed by atoms with Crippen LogP contribution in [-0.2, 0) is 6.61 Å². The van der Waals surface area contributed by atoms with Crippen LogP contribution in [0.25, 0.3) is 0 Å². The Morgan fingerprint density at radius 3 is 2.86 bits per heavy atom. The molecule has 1 aromatic heterocycles. The van der Waals surface area contributed by atoms with Crippen molar-refractivity contribution in [2.24, 2.45) is 0 Å². The number of ether oxygens (including phenoxy) is 1. The fraction of sp³-hybridized carbons (Fsp3) is 0.400. The Balaban J connectivity index is 2.64. The Bertz CT molecular complexity index is 316. The highest BCUT2D eigenvalue weighted by Gasteiger charge is 2.05. The summed E-state index contributed by atoms with van der Waals surface area (Å²) in [5, 5.41) is 17.4. The number of pyridine rings is 1. The van der Waals surface area contributed by atoms with Crippen molar-refractivity contribution >= 4 is 0 Å². The van der Waals surface area contributed by atoms with Crippen LogP contribution in [0.2, 0.25) is 0 Å². The van der Waals surface area contributed by atoms with Crippen LogP contribution >= 0.6 is 0 Å². The average molecular weight is 192 g/mol. The SMILES string of the molecule is CCC(C#N)Oc1ccc(CO)nc1. The minimum absolute atomic E-state index is 0.0876. The second kappa shape index (κ2) is 5.20. The van der Waals surface area contributed by atoms with Gasteiger partial charge in [0.05, 0.1) is 18.5 Å². The van der Waals surface area contributed by atoms with Crippen LogP contribution in [0.15, 0.2) is 18.3 Å². The van der Waals surface area contributed by atoms with E-state index in [9.17, 15) is 0 Å². The van der Waals surface area contributed by atoms with Gasteiger partial charge in [0.2, 0.25) is 0 Å². The molecular formula is C10H12N2O2. The smallest absolute Gasteiger partial charge is 0.184 e. The van der Waals surface area contributed by atoms with Gasteiger partial charge in [-0.3, -0.25) is 4.98 Å². The molecule has 1 unspecified atom stereocenters. The third kappa shape index (κ3) is 2.71. The molecule has 4 nitrogen and oxygen atoms in total. The summed E-state index contributed by atoms with van der Waals surface area (Å²) in [5.41, 5.74) is 0.586. The quantitative estimate of drug-likeness (QED) is 0.779. The van der Waals surface area contributed by atoms with Crippen LogP contribution in [0.3, 0.4) is 0 Å². The van der Waals surface area contributed by atoms with Crippen LogP contribution in [0.5, 0.6) is 5.75 Å². The Morgan fingerprint density at radius 1 is 1.64 bits per heavy atom. The number of hydrogen-bond donors (Lipinski definition) is 1. The van der Waals surface area contributed by atoms with E-state index in [0.29, 0.717) is 17.9 Å². The normalized spacial score (nSPS) is 11.8. The summed E-state index contributed by atoms with van der Waals surface area (Å²) in [6.45, 7) is 1.79. The van der Waals surface area contributed by atoms with Gasteiger partial charge in [-0.05, 0) is 18.6 Å². The van der Waals surface area contributed by atoms with Gasteiger partial charge in [-0.1, -0.05) is 6.92 Å². The summed E-state index contributed by atoms with van der Waals surface area (Å²) in [6, 6.07) is 5.39. The highest BCUT2D eigenvalue weighted by Crippen LogP contribution is 2.12. The first kappa shape index (κ1) is 10.5. The van der Waals surface area contributed by atoms with Crippen LogP contribution in [0.4, 0.5) is 0 Å². The van der Waals surface area contributed by atoms with Gasteiger partial charge in [0.15, 0.2) is 6.10 Å². The van der Waals surface area contributed by atoms with Crippen molar-refractivity contribution in [1.82, 2.24) is 4.98 Å². The summed E-state index contributed by atoms with van der Waals surface area (Å²) >= 11 is 0. The molecular weight excluding hydrogens is 180 g/mol. The molecule has 0 spiro atoms. The number of aliphatic hydroxyl groups excluding tert-OH is 1. The van der Waals surface area contributed by atoms with Crippen molar-refractivity contribution in [3.8, 4) is 11.8 Å². The third-order valence-electron chi connectivity index (χ3n) is 1.75. The largest absolute Gasteiger partial charge is 0.474 e. The fourth-order valence-corrected chi connectivity index (χ4v) is 0.939. The van der Waals surface area contributed by atoms with E-state index >= 15 is 0 Å². The number of hydrogen-bond acceptors (Lipinski definition) is 4. The van der Waals surface area contributed by atoms with Gasteiger partial charge in [0, 0.05) is 0 Å². The summed E-state index contributed by atoms with van der Waals surface area (Å²) in [4.78, 5) is 3.93. The van der Waals surface area contributed by atoms with Crippen molar-refractivity contribution in [2.45, 2.75) is 26.1 Å². The van der Waals surface area contributed by atoms with E-state index < -0.39 is 6.10 Å². The summed E-state index contributed by atoms with van der Waals surface area (Å²) < 4.78 is 5.31. The lowest BCUT2D eigenvalue weighted by Crippen LogP contribution is -2.12. The van der Waals surface area contributed by atoms with Gasteiger partial charge in [-0.2, -0.15) is 5.26 Å². The number of aromatic nitrogens is 1. The third-order valence-corrected chi connectivity index (χ3v) is 1.75. The average Bonchev–Trinajstić information content (AvgIpc) is 2.26. The molecule has 1 heterocycles. The first-order valence-electron chi connectivity index (χ1n) is 4.42. The van der Waals surface area contributed by atoms with Crippen LogP contribution in [-0.4, -0.2) is 16.2 Å². The molecule has 1 N–H and O–H groups in total. The Morgan fingerprint density at radius 2 is 2.43 bits per heavy atom. The van der Waals surface area contributed by atoms with Crippen molar-refractivity contribution in [1.29, 1.82) is 5.26 Å². The minimum Gasteiger partial charge on any atom is -0.474 e. The molecule has 14 heavy (non-hydrogen) atoms. The molecule has 0 aliphatic heterocycles. The zero-order valence-corrected chi connectivity index (χ0v) is 7.97. The highest BCUT2D eigenvalue weighted by atomic mass is 16.5. The standard InChI is InChI=1S/C10H12N2O2/c1-2-9(5-11)14-10-4-3-8(7-13)12-6-10/h3-4,6,9,13H,2,7H2,1H3. The highest BCUT2D eigenvalue weighted by molar-refractivity contribution is 5.20. The summed E-state index contributed by atoms with van der Waals surface area (Å²) in [5.74, 6) is 0.551. The number of aliphatic hydroxyl groups is 1. The minimum atomic E-state index is -0.434. The van der Waals surface area contributed by atoms with Crippen LogP contribution in [0, 0.1) is 11.3 Å². The molecule has 1 atom stereocenters. The van der Waals surface area contributed by atoms with E-state index in [1.807, 2.05) is 13.0 Å². The van der Waals surface area contributed by atoms with Gasteiger partial charge >= 0.3 is 0 Å². The predicted octanol–water partition coefficient (Wildman–Crippen LogP) is 1.25. The summed E-state index contributed by atoms with van der Waals surface area (Å²) in [7, 11) is 0. The lowest BCUT2D eigenvalue weighted by molar-refractivity contribution is 0.249. The number of rotatable bonds is 4. The van der Waals surface area contributed by atoms with Crippen molar-refractivity contribution in [2.75, 3.05) is 0 Å². The maximum Gasteiger partial charge on any atom is 0.184 e. The van der Waals surface area contributed by atoms with Gasteiger partial charge in [-0.25, -0.2) is 0 Å². The predicted molar refractivity (Wildman–Crippen MR) is 50.5 cm³/mol. The van der Waals surface area contributed by atoms with Gasteiger partial charge in [0.25, 0.3) is 0 Å². The molecule has 0 saturated carbocycles. The Hall–Kier alpha value is -1.60. The van der Waals surface area contributed by atoms with E-state index in [0.717, 1.165) is 0 Å². The molecule has 74 valence electrons. The van der Waals surface area contributed by atoms with Crippen LogP contribution < -0.4 is 4.74 Å². The zero-order chi connectivity index (χ0) is 10.4. The lowest BCUT2D eigenvalue weighted by Gasteiger charge is -2.09. The molecule has 0 amide bonds. The molecule has 0 aliphatic rings. The molecule has 0 fully saturated rings. The fourth-order valence-electron chi connectivity index (χ4n) is 0.939. The maximum absolute atomic E-state index is 8.75. The first-order valence-corrected chi connectivity index (χ1v) is 4.42. The van der Waals surface area contributed by atoms with Crippen molar-refractivity contribution in [3.05, 3.63) is 24.0 Å². The molecule has 0 aliphatic carbocycles. The Kier molecular flexibility index (Phi) is 3.89.